The minimum atomic E-state index is -0.367. The number of rotatable bonds is 5. The van der Waals surface area contributed by atoms with Crippen molar-refractivity contribution in [2.45, 2.75) is 38.4 Å². The van der Waals surface area contributed by atoms with Crippen LogP contribution in [0.4, 0.5) is 4.79 Å². The van der Waals surface area contributed by atoms with Gasteiger partial charge in [0.1, 0.15) is 0 Å². The predicted octanol–water partition coefficient (Wildman–Crippen LogP) is 2.33. The molecule has 1 aliphatic heterocycles. The Morgan fingerprint density at radius 2 is 1.75 bits per heavy atom. The molecule has 0 radical (unpaired) electrons. The molecule has 2 N–H and O–H groups in total. The number of nitrogens with zero attached hydrogens (tertiary/aromatic N) is 2. The Morgan fingerprint density at radius 1 is 1.04 bits per heavy atom. The summed E-state index contributed by atoms with van der Waals surface area (Å²) in [5.41, 5.74) is 1.34. The van der Waals surface area contributed by atoms with Crippen LogP contribution >= 0.6 is 0 Å². The molecule has 2 aliphatic rings. The number of piperazine rings is 1. The second-order valence-electron chi connectivity index (χ2n) is 7.86. The van der Waals surface area contributed by atoms with Crippen LogP contribution < -0.4 is 10.6 Å². The lowest BCUT2D eigenvalue weighted by Gasteiger charge is -2.37. The third-order valence-electron chi connectivity index (χ3n) is 5.76. The standard InChI is InChI=1S/C22H28N4O2/c1-16(21(27)24-22(28)23-19-9-10-19)26-13-11-25(12-14-26)15-18-7-4-6-17-5-2-3-8-20(17)18/h2-8,16,19H,9-15H2,1H3,(H2,23,24,27,28). The maximum atomic E-state index is 12.3. The zero-order chi connectivity index (χ0) is 19.5. The number of nitrogens with one attached hydrogen (secondary N) is 2. The summed E-state index contributed by atoms with van der Waals surface area (Å²) < 4.78 is 0. The average molecular weight is 380 g/mol. The Hall–Kier alpha value is -2.44. The van der Waals surface area contributed by atoms with Gasteiger partial charge in [0, 0.05) is 38.8 Å². The molecule has 0 aromatic heterocycles. The van der Waals surface area contributed by atoms with E-state index < -0.39 is 0 Å². The summed E-state index contributed by atoms with van der Waals surface area (Å²) >= 11 is 0. The molecule has 1 saturated carbocycles. The van der Waals surface area contributed by atoms with Gasteiger partial charge in [-0.1, -0.05) is 42.5 Å². The van der Waals surface area contributed by atoms with Crippen molar-refractivity contribution >= 4 is 22.7 Å². The predicted molar refractivity (Wildman–Crippen MR) is 110 cm³/mol. The smallest absolute Gasteiger partial charge is 0.321 e. The fourth-order valence-corrected chi connectivity index (χ4v) is 3.81. The molecule has 2 fully saturated rings. The van der Waals surface area contributed by atoms with Crippen LogP contribution in [0, 0.1) is 0 Å². The number of carbonyl (C=O) groups excluding carboxylic acids is 2. The number of urea groups is 1. The summed E-state index contributed by atoms with van der Waals surface area (Å²) in [7, 11) is 0. The van der Waals surface area contributed by atoms with Gasteiger partial charge >= 0.3 is 6.03 Å². The van der Waals surface area contributed by atoms with Crippen molar-refractivity contribution in [2.24, 2.45) is 0 Å². The van der Waals surface area contributed by atoms with Crippen molar-refractivity contribution in [1.29, 1.82) is 0 Å². The number of imide groups is 1. The van der Waals surface area contributed by atoms with E-state index >= 15 is 0 Å². The van der Waals surface area contributed by atoms with Crippen molar-refractivity contribution in [3.05, 3.63) is 48.0 Å². The molecule has 28 heavy (non-hydrogen) atoms. The quantitative estimate of drug-likeness (QED) is 0.836. The van der Waals surface area contributed by atoms with E-state index in [-0.39, 0.29) is 24.0 Å². The highest BCUT2D eigenvalue weighted by Crippen LogP contribution is 2.21. The molecule has 1 atom stereocenters. The average Bonchev–Trinajstić information content (AvgIpc) is 3.52. The minimum Gasteiger partial charge on any atom is -0.335 e. The van der Waals surface area contributed by atoms with E-state index in [9.17, 15) is 9.59 Å². The lowest BCUT2D eigenvalue weighted by Crippen LogP contribution is -2.55. The van der Waals surface area contributed by atoms with Crippen LogP contribution in [0.2, 0.25) is 0 Å². The third-order valence-corrected chi connectivity index (χ3v) is 5.76. The third kappa shape index (κ3) is 4.51. The first kappa shape index (κ1) is 18.9. The number of benzene rings is 2. The largest absolute Gasteiger partial charge is 0.335 e. The maximum Gasteiger partial charge on any atom is 0.321 e. The first-order valence-electron chi connectivity index (χ1n) is 10.1. The summed E-state index contributed by atoms with van der Waals surface area (Å²) in [6.07, 6.45) is 2.02. The molecule has 1 heterocycles. The summed E-state index contributed by atoms with van der Waals surface area (Å²) in [6, 6.07) is 14.5. The molecule has 2 aromatic rings. The maximum absolute atomic E-state index is 12.3. The van der Waals surface area contributed by atoms with Crippen molar-refractivity contribution in [3.63, 3.8) is 0 Å². The zero-order valence-electron chi connectivity index (χ0n) is 16.4. The van der Waals surface area contributed by atoms with Crippen molar-refractivity contribution in [1.82, 2.24) is 20.4 Å². The normalized spacial score (nSPS) is 19.3. The van der Waals surface area contributed by atoms with Gasteiger partial charge in [-0.15, -0.1) is 0 Å². The van der Waals surface area contributed by atoms with Gasteiger partial charge in [0.2, 0.25) is 5.91 Å². The van der Waals surface area contributed by atoms with Gasteiger partial charge in [-0.2, -0.15) is 0 Å². The number of hydrogen-bond donors (Lipinski definition) is 2. The van der Waals surface area contributed by atoms with Crippen LogP contribution in [-0.4, -0.2) is 60.0 Å². The zero-order valence-corrected chi connectivity index (χ0v) is 16.4. The molecule has 2 aromatic carbocycles. The van der Waals surface area contributed by atoms with E-state index in [0.29, 0.717) is 0 Å². The molecule has 0 spiro atoms. The van der Waals surface area contributed by atoms with Crippen LogP contribution in [0.5, 0.6) is 0 Å². The SMILES string of the molecule is CC(C(=O)NC(=O)NC1CC1)N1CCN(Cc2cccc3ccccc23)CC1. The number of amides is 3. The summed E-state index contributed by atoms with van der Waals surface area (Å²) in [5.74, 6) is -0.222. The monoisotopic (exact) mass is 380 g/mol. The molecule has 4 rings (SSSR count). The molecule has 6 nitrogen and oxygen atoms in total. The van der Waals surface area contributed by atoms with E-state index in [1.807, 2.05) is 6.92 Å². The first-order valence-corrected chi connectivity index (χ1v) is 10.1. The molecule has 148 valence electrons. The molecule has 0 bridgehead atoms. The Balaban J connectivity index is 1.29. The Labute approximate surface area is 165 Å². The highest BCUT2D eigenvalue weighted by atomic mass is 16.2. The van der Waals surface area contributed by atoms with E-state index in [1.165, 1.54) is 16.3 Å². The Kier molecular flexibility index (Phi) is 5.59. The fourth-order valence-electron chi connectivity index (χ4n) is 3.81. The van der Waals surface area contributed by atoms with Gasteiger partial charge in [-0.3, -0.25) is 19.9 Å². The van der Waals surface area contributed by atoms with Crippen LogP contribution in [-0.2, 0) is 11.3 Å². The van der Waals surface area contributed by atoms with E-state index in [4.69, 9.17) is 0 Å². The Morgan fingerprint density at radius 3 is 2.50 bits per heavy atom. The number of fused-ring (bicyclic) bond motifs is 1. The second-order valence-corrected chi connectivity index (χ2v) is 7.86. The van der Waals surface area contributed by atoms with E-state index in [0.717, 1.165) is 45.6 Å². The van der Waals surface area contributed by atoms with E-state index in [1.54, 1.807) is 0 Å². The van der Waals surface area contributed by atoms with Gasteiger partial charge in [0.05, 0.1) is 6.04 Å². The van der Waals surface area contributed by atoms with Crippen LogP contribution in [0.1, 0.15) is 25.3 Å². The molecule has 6 heteroatoms. The lowest BCUT2D eigenvalue weighted by atomic mass is 10.0. The van der Waals surface area contributed by atoms with E-state index in [2.05, 4.69) is 62.9 Å². The second kappa shape index (κ2) is 8.29. The molecular formula is C22H28N4O2. The van der Waals surface area contributed by atoms with Gasteiger partial charge in [0.25, 0.3) is 0 Å². The van der Waals surface area contributed by atoms with Gasteiger partial charge in [-0.05, 0) is 36.1 Å². The van der Waals surface area contributed by atoms with Crippen LogP contribution in [0.25, 0.3) is 10.8 Å². The number of carbonyl (C=O) groups is 2. The van der Waals surface area contributed by atoms with Crippen molar-refractivity contribution in [2.75, 3.05) is 26.2 Å². The van der Waals surface area contributed by atoms with Crippen molar-refractivity contribution in [3.8, 4) is 0 Å². The highest BCUT2D eigenvalue weighted by Gasteiger charge is 2.28. The fraction of sp³-hybridized carbons (Fsp3) is 0.455. The van der Waals surface area contributed by atoms with Crippen LogP contribution in [0.15, 0.2) is 42.5 Å². The lowest BCUT2D eigenvalue weighted by molar-refractivity contribution is -0.125. The summed E-state index contributed by atoms with van der Waals surface area (Å²) in [5, 5.41) is 7.85. The highest BCUT2D eigenvalue weighted by molar-refractivity contribution is 5.97. The Bertz CT molecular complexity index is 851. The van der Waals surface area contributed by atoms with Crippen LogP contribution in [0.3, 0.4) is 0 Å². The summed E-state index contributed by atoms with van der Waals surface area (Å²) in [6.45, 7) is 6.26. The summed E-state index contributed by atoms with van der Waals surface area (Å²) in [4.78, 5) is 28.7. The minimum absolute atomic E-state index is 0.222. The van der Waals surface area contributed by atoms with Gasteiger partial charge in [0.15, 0.2) is 0 Å². The number of hydrogen-bond acceptors (Lipinski definition) is 4. The topological polar surface area (TPSA) is 64.7 Å². The molecule has 3 amide bonds. The van der Waals surface area contributed by atoms with Gasteiger partial charge < -0.3 is 5.32 Å². The molecule has 1 saturated heterocycles. The van der Waals surface area contributed by atoms with Gasteiger partial charge in [-0.25, -0.2) is 4.79 Å². The molecular weight excluding hydrogens is 352 g/mol. The molecule has 1 aliphatic carbocycles. The van der Waals surface area contributed by atoms with Crippen molar-refractivity contribution < 1.29 is 9.59 Å². The molecule has 1 unspecified atom stereocenters. The first-order chi connectivity index (χ1) is 13.6.